The molecule has 4 aromatic carbocycles. The summed E-state index contributed by atoms with van der Waals surface area (Å²) in [7, 11) is 0. The Hall–Kier alpha value is -4.04. The normalized spacial score (nSPS) is 20.3. The van der Waals surface area contributed by atoms with Crippen LogP contribution in [0.3, 0.4) is 0 Å². The lowest BCUT2D eigenvalue weighted by Crippen LogP contribution is -2.47. The van der Waals surface area contributed by atoms with Crippen molar-refractivity contribution >= 4 is 11.6 Å². The Kier molecular flexibility index (Phi) is 7.60. The van der Waals surface area contributed by atoms with E-state index in [1.807, 2.05) is 66.7 Å². The van der Waals surface area contributed by atoms with Gasteiger partial charge in [0.15, 0.2) is 11.6 Å². The zero-order valence-corrected chi connectivity index (χ0v) is 22.1. The van der Waals surface area contributed by atoms with Crippen molar-refractivity contribution in [2.75, 3.05) is 18.5 Å². The van der Waals surface area contributed by atoms with Gasteiger partial charge in [-0.1, -0.05) is 84.9 Å². The predicted molar refractivity (Wildman–Crippen MR) is 154 cm³/mol. The fraction of sp³-hybridized carbons (Fsp3) is 0.242. The van der Waals surface area contributed by atoms with Crippen molar-refractivity contribution in [3.05, 3.63) is 120 Å². The summed E-state index contributed by atoms with van der Waals surface area (Å²) < 4.78 is 27.0. The van der Waals surface area contributed by atoms with E-state index in [4.69, 9.17) is 15.2 Å². The molecule has 0 saturated carbocycles. The number of para-hydroxylation sites is 1. The van der Waals surface area contributed by atoms with E-state index in [2.05, 4.69) is 22.8 Å². The molecule has 0 aromatic heterocycles. The van der Waals surface area contributed by atoms with Gasteiger partial charge in [-0.15, -0.1) is 0 Å². The summed E-state index contributed by atoms with van der Waals surface area (Å²) in [5.41, 5.74) is 12.2. The number of fused-ring (bicyclic) bond motifs is 3. The zero-order valence-electron chi connectivity index (χ0n) is 22.1. The monoisotopic (exact) mass is 537 g/mol. The Morgan fingerprint density at radius 1 is 0.975 bits per heavy atom. The van der Waals surface area contributed by atoms with Crippen LogP contribution in [0.2, 0.25) is 0 Å². The molecular weight excluding hydrogens is 505 g/mol. The minimum absolute atomic E-state index is 0.0132. The van der Waals surface area contributed by atoms with Gasteiger partial charge in [0.25, 0.3) is 0 Å². The smallest absolute Gasteiger partial charge is 0.241 e. The Morgan fingerprint density at radius 2 is 1.73 bits per heavy atom. The molecule has 6 nitrogen and oxygen atoms in total. The van der Waals surface area contributed by atoms with Crippen molar-refractivity contribution in [3.63, 3.8) is 0 Å². The SMILES string of the molecule is N[C@@H](Cc1ccc(-c2ccccc2)cc1)C(=O)Nc1cccc(F)c1OC[C@@H]1CN[C@@H]2c3ccccc3C[C@@H]2O1. The van der Waals surface area contributed by atoms with Crippen molar-refractivity contribution < 1.29 is 18.7 Å². The van der Waals surface area contributed by atoms with E-state index < -0.39 is 17.8 Å². The van der Waals surface area contributed by atoms with E-state index in [0.29, 0.717) is 13.0 Å². The summed E-state index contributed by atoms with van der Waals surface area (Å²) in [4.78, 5) is 13.0. The summed E-state index contributed by atoms with van der Waals surface area (Å²) in [5, 5.41) is 6.31. The van der Waals surface area contributed by atoms with Gasteiger partial charge >= 0.3 is 0 Å². The lowest BCUT2D eigenvalue weighted by Gasteiger charge is -2.34. The fourth-order valence-corrected chi connectivity index (χ4v) is 5.54. The molecule has 1 fully saturated rings. The first-order valence-corrected chi connectivity index (χ1v) is 13.6. The Labute approximate surface area is 233 Å². The third-order valence-corrected chi connectivity index (χ3v) is 7.61. The van der Waals surface area contributed by atoms with Gasteiger partial charge < -0.3 is 25.8 Å². The van der Waals surface area contributed by atoms with Crippen LogP contribution < -0.4 is 21.1 Å². The van der Waals surface area contributed by atoms with E-state index in [0.717, 1.165) is 23.1 Å². The topological polar surface area (TPSA) is 85.6 Å². The van der Waals surface area contributed by atoms with Crippen LogP contribution in [0.15, 0.2) is 97.1 Å². The molecule has 1 aliphatic heterocycles. The van der Waals surface area contributed by atoms with E-state index in [1.54, 1.807) is 6.07 Å². The lowest BCUT2D eigenvalue weighted by atomic mass is 10.0. The highest BCUT2D eigenvalue weighted by atomic mass is 19.1. The molecule has 1 aliphatic carbocycles. The molecule has 2 aliphatic rings. The average Bonchev–Trinajstić information content (AvgIpc) is 3.35. The number of rotatable bonds is 8. The van der Waals surface area contributed by atoms with Gasteiger partial charge in [-0.05, 0) is 46.4 Å². The van der Waals surface area contributed by atoms with Crippen LogP contribution in [0.1, 0.15) is 22.7 Å². The molecule has 4 N–H and O–H groups in total. The molecule has 1 heterocycles. The van der Waals surface area contributed by atoms with Crippen LogP contribution in [-0.2, 0) is 22.4 Å². The Morgan fingerprint density at radius 3 is 2.55 bits per heavy atom. The number of anilines is 1. The summed E-state index contributed by atoms with van der Waals surface area (Å²) in [6.07, 6.45) is 0.941. The molecular formula is C33H32FN3O3. The number of hydrogen-bond donors (Lipinski definition) is 3. The number of hydrogen-bond acceptors (Lipinski definition) is 5. The number of halogens is 1. The van der Waals surface area contributed by atoms with Crippen molar-refractivity contribution in [2.24, 2.45) is 5.73 Å². The van der Waals surface area contributed by atoms with Gasteiger partial charge in [-0.2, -0.15) is 0 Å². The van der Waals surface area contributed by atoms with Gasteiger partial charge in [0, 0.05) is 13.0 Å². The summed E-state index contributed by atoms with van der Waals surface area (Å²) >= 11 is 0. The number of carbonyl (C=O) groups excluding carboxylic acids is 1. The molecule has 0 bridgehead atoms. The number of amides is 1. The largest absolute Gasteiger partial charge is 0.486 e. The molecule has 0 radical (unpaired) electrons. The third kappa shape index (κ3) is 5.63. The van der Waals surface area contributed by atoms with Crippen molar-refractivity contribution in [3.8, 4) is 16.9 Å². The van der Waals surface area contributed by atoms with Gasteiger partial charge in [-0.25, -0.2) is 4.39 Å². The van der Waals surface area contributed by atoms with E-state index in [1.165, 1.54) is 23.3 Å². The molecule has 4 atom stereocenters. The van der Waals surface area contributed by atoms with Gasteiger partial charge in [-0.3, -0.25) is 4.79 Å². The van der Waals surface area contributed by atoms with Crippen LogP contribution in [0.4, 0.5) is 10.1 Å². The quantitative estimate of drug-likeness (QED) is 0.294. The number of benzene rings is 4. The highest BCUT2D eigenvalue weighted by Gasteiger charge is 2.38. The molecule has 0 spiro atoms. The van der Waals surface area contributed by atoms with Gasteiger partial charge in [0.1, 0.15) is 12.7 Å². The van der Waals surface area contributed by atoms with Crippen molar-refractivity contribution in [1.82, 2.24) is 5.32 Å². The number of ether oxygens (including phenoxy) is 2. The molecule has 6 rings (SSSR count). The lowest BCUT2D eigenvalue weighted by molar-refractivity contribution is -0.117. The fourth-order valence-electron chi connectivity index (χ4n) is 5.54. The minimum atomic E-state index is -0.814. The first kappa shape index (κ1) is 26.2. The van der Waals surface area contributed by atoms with Crippen molar-refractivity contribution in [1.29, 1.82) is 0 Å². The van der Waals surface area contributed by atoms with Crippen LogP contribution in [0.5, 0.6) is 5.75 Å². The van der Waals surface area contributed by atoms with Crippen LogP contribution in [0.25, 0.3) is 11.1 Å². The molecule has 4 aromatic rings. The molecule has 0 unspecified atom stereocenters. The number of nitrogens with one attached hydrogen (secondary N) is 2. The van der Waals surface area contributed by atoms with E-state index >= 15 is 0 Å². The Bertz CT molecular complexity index is 1480. The minimum Gasteiger partial charge on any atom is -0.486 e. The van der Waals surface area contributed by atoms with Crippen LogP contribution in [0, 0.1) is 5.82 Å². The second-order valence-corrected chi connectivity index (χ2v) is 10.4. The molecule has 40 heavy (non-hydrogen) atoms. The molecule has 1 amide bonds. The molecule has 204 valence electrons. The van der Waals surface area contributed by atoms with E-state index in [9.17, 15) is 9.18 Å². The first-order chi connectivity index (χ1) is 19.5. The van der Waals surface area contributed by atoms with Crippen molar-refractivity contribution in [2.45, 2.75) is 37.1 Å². The molecule has 1 saturated heterocycles. The van der Waals surface area contributed by atoms with Crippen LogP contribution >= 0.6 is 0 Å². The number of nitrogens with two attached hydrogens (primary N) is 1. The Balaban J connectivity index is 1.05. The predicted octanol–water partition coefficient (Wildman–Crippen LogP) is 5.03. The highest BCUT2D eigenvalue weighted by Crippen LogP contribution is 2.36. The van der Waals surface area contributed by atoms with Gasteiger partial charge in [0.05, 0.1) is 23.9 Å². The van der Waals surface area contributed by atoms with Gasteiger partial charge in [0.2, 0.25) is 5.91 Å². The maximum absolute atomic E-state index is 14.8. The van der Waals surface area contributed by atoms with Crippen LogP contribution in [-0.4, -0.2) is 37.3 Å². The standard InChI is InChI=1S/C33H32FN3O3/c34-27-11-6-12-29(32(27)39-20-25-19-36-31-26-10-5-4-9-24(26)18-30(31)40-25)37-33(38)28(35)17-21-13-15-23(16-14-21)22-7-2-1-3-8-22/h1-16,25,28,30-31,36H,17-20,35H2,(H,37,38)/t25-,28-,30-,31+/m0/s1. The second kappa shape index (κ2) is 11.6. The maximum atomic E-state index is 14.8. The average molecular weight is 538 g/mol. The number of morpholine rings is 1. The third-order valence-electron chi connectivity index (χ3n) is 7.61. The van der Waals surface area contributed by atoms with E-state index in [-0.39, 0.29) is 36.3 Å². The first-order valence-electron chi connectivity index (χ1n) is 13.6. The second-order valence-electron chi connectivity index (χ2n) is 10.4. The number of carbonyl (C=O) groups is 1. The summed E-state index contributed by atoms with van der Waals surface area (Å²) in [5.74, 6) is -0.988. The summed E-state index contributed by atoms with van der Waals surface area (Å²) in [6, 6.07) is 30.2. The maximum Gasteiger partial charge on any atom is 0.241 e. The highest BCUT2D eigenvalue weighted by molar-refractivity contribution is 5.96. The summed E-state index contributed by atoms with van der Waals surface area (Å²) in [6.45, 7) is 0.732. The molecule has 7 heteroatoms. The zero-order chi connectivity index (χ0) is 27.5.